The van der Waals surface area contributed by atoms with Gasteiger partial charge in [-0.05, 0) is 23.8 Å². The standard InChI is InChI=1S/C15H14FN3/c16-12-5-3-4-11(10-12)13-6-1-2-7-14(13)19-15-17-8-9-18-15/h1-7,10H,8-9H2,(H2,17,18,19). The molecule has 0 spiro atoms. The lowest BCUT2D eigenvalue weighted by Crippen LogP contribution is -2.26. The van der Waals surface area contributed by atoms with Gasteiger partial charge in [0.1, 0.15) is 5.82 Å². The Labute approximate surface area is 111 Å². The SMILES string of the molecule is Fc1cccc(-c2ccccc2NC2=NCCN2)c1. The molecule has 0 atom stereocenters. The van der Waals surface area contributed by atoms with Crippen molar-refractivity contribution in [2.75, 3.05) is 18.4 Å². The minimum atomic E-state index is -0.233. The maximum atomic E-state index is 13.3. The monoisotopic (exact) mass is 255 g/mol. The van der Waals surface area contributed by atoms with Gasteiger partial charge in [0, 0.05) is 17.8 Å². The van der Waals surface area contributed by atoms with Crippen molar-refractivity contribution >= 4 is 11.6 Å². The van der Waals surface area contributed by atoms with Crippen molar-refractivity contribution in [1.82, 2.24) is 5.32 Å². The first-order valence-corrected chi connectivity index (χ1v) is 6.23. The maximum absolute atomic E-state index is 13.3. The van der Waals surface area contributed by atoms with Crippen LogP contribution in [0.25, 0.3) is 11.1 Å². The Morgan fingerprint density at radius 1 is 1.11 bits per heavy atom. The van der Waals surface area contributed by atoms with Gasteiger partial charge in [-0.1, -0.05) is 30.3 Å². The number of anilines is 1. The number of para-hydroxylation sites is 1. The Morgan fingerprint density at radius 2 is 2.00 bits per heavy atom. The van der Waals surface area contributed by atoms with E-state index in [-0.39, 0.29) is 5.82 Å². The van der Waals surface area contributed by atoms with Gasteiger partial charge in [-0.2, -0.15) is 0 Å². The fraction of sp³-hybridized carbons (Fsp3) is 0.133. The van der Waals surface area contributed by atoms with Gasteiger partial charge in [-0.3, -0.25) is 4.99 Å². The second-order valence-electron chi connectivity index (χ2n) is 4.34. The average molecular weight is 255 g/mol. The van der Waals surface area contributed by atoms with Gasteiger partial charge in [0.05, 0.1) is 6.54 Å². The van der Waals surface area contributed by atoms with Crippen molar-refractivity contribution in [2.45, 2.75) is 0 Å². The summed E-state index contributed by atoms with van der Waals surface area (Å²) in [6, 6.07) is 14.4. The third-order valence-electron chi connectivity index (χ3n) is 2.99. The van der Waals surface area contributed by atoms with Crippen LogP contribution in [0.2, 0.25) is 0 Å². The third kappa shape index (κ3) is 2.57. The molecule has 0 amide bonds. The largest absolute Gasteiger partial charge is 0.354 e. The highest BCUT2D eigenvalue weighted by molar-refractivity contribution is 5.98. The van der Waals surface area contributed by atoms with Gasteiger partial charge in [0.25, 0.3) is 0 Å². The molecule has 2 N–H and O–H groups in total. The molecule has 1 heterocycles. The maximum Gasteiger partial charge on any atom is 0.195 e. The van der Waals surface area contributed by atoms with Crippen molar-refractivity contribution in [3.8, 4) is 11.1 Å². The van der Waals surface area contributed by atoms with Crippen LogP contribution in [-0.2, 0) is 0 Å². The summed E-state index contributed by atoms with van der Waals surface area (Å²) in [5, 5.41) is 6.40. The molecule has 0 fully saturated rings. The third-order valence-corrected chi connectivity index (χ3v) is 2.99. The smallest absolute Gasteiger partial charge is 0.195 e. The molecule has 2 aromatic carbocycles. The molecule has 0 bridgehead atoms. The predicted molar refractivity (Wildman–Crippen MR) is 75.8 cm³/mol. The van der Waals surface area contributed by atoms with Crippen molar-refractivity contribution < 1.29 is 4.39 Å². The summed E-state index contributed by atoms with van der Waals surface area (Å²) >= 11 is 0. The molecule has 4 heteroatoms. The van der Waals surface area contributed by atoms with Crippen LogP contribution in [0.15, 0.2) is 53.5 Å². The highest BCUT2D eigenvalue weighted by Gasteiger charge is 2.09. The highest BCUT2D eigenvalue weighted by atomic mass is 19.1. The van der Waals surface area contributed by atoms with Crippen LogP contribution in [0.5, 0.6) is 0 Å². The number of nitrogens with zero attached hydrogens (tertiary/aromatic N) is 1. The molecule has 0 aliphatic carbocycles. The molecule has 2 aromatic rings. The second kappa shape index (κ2) is 5.10. The lowest BCUT2D eigenvalue weighted by molar-refractivity contribution is 0.628. The zero-order chi connectivity index (χ0) is 13.1. The quantitative estimate of drug-likeness (QED) is 0.865. The van der Waals surface area contributed by atoms with E-state index in [1.54, 1.807) is 6.07 Å². The Morgan fingerprint density at radius 3 is 2.79 bits per heavy atom. The summed E-state index contributed by atoms with van der Waals surface area (Å²) in [7, 11) is 0. The lowest BCUT2D eigenvalue weighted by atomic mass is 10.0. The predicted octanol–water partition coefficient (Wildman–Crippen LogP) is 2.86. The topological polar surface area (TPSA) is 36.4 Å². The fourth-order valence-corrected chi connectivity index (χ4v) is 2.11. The number of rotatable bonds is 2. The molecule has 0 aromatic heterocycles. The first kappa shape index (κ1) is 11.7. The molecule has 1 aliphatic rings. The molecule has 96 valence electrons. The van der Waals surface area contributed by atoms with Crippen molar-refractivity contribution in [3.63, 3.8) is 0 Å². The van der Waals surface area contributed by atoms with Gasteiger partial charge < -0.3 is 10.6 Å². The Kier molecular flexibility index (Phi) is 3.14. The summed E-state index contributed by atoms with van der Waals surface area (Å²) in [6.07, 6.45) is 0. The second-order valence-corrected chi connectivity index (χ2v) is 4.34. The molecule has 0 saturated heterocycles. The molecular formula is C15H14FN3. The average Bonchev–Trinajstić information content (AvgIpc) is 2.92. The summed E-state index contributed by atoms with van der Waals surface area (Å²) in [4.78, 5) is 4.30. The van der Waals surface area contributed by atoms with Crippen LogP contribution < -0.4 is 10.6 Å². The Balaban J connectivity index is 1.97. The van der Waals surface area contributed by atoms with E-state index >= 15 is 0 Å². The fourth-order valence-electron chi connectivity index (χ4n) is 2.11. The first-order valence-electron chi connectivity index (χ1n) is 6.23. The molecule has 1 aliphatic heterocycles. The number of guanidine groups is 1. The highest BCUT2D eigenvalue weighted by Crippen LogP contribution is 2.28. The van der Waals surface area contributed by atoms with Gasteiger partial charge in [0.15, 0.2) is 5.96 Å². The minimum absolute atomic E-state index is 0.233. The number of halogens is 1. The van der Waals surface area contributed by atoms with E-state index in [4.69, 9.17) is 0 Å². The normalized spacial score (nSPS) is 13.8. The zero-order valence-corrected chi connectivity index (χ0v) is 10.4. The van der Waals surface area contributed by atoms with E-state index in [0.717, 1.165) is 35.9 Å². The van der Waals surface area contributed by atoms with Crippen LogP contribution in [0.4, 0.5) is 10.1 Å². The molecule has 19 heavy (non-hydrogen) atoms. The Bertz CT molecular complexity index is 622. The van der Waals surface area contributed by atoms with Crippen LogP contribution in [0.1, 0.15) is 0 Å². The number of benzene rings is 2. The lowest BCUT2D eigenvalue weighted by Gasteiger charge is -2.12. The van der Waals surface area contributed by atoms with E-state index in [2.05, 4.69) is 15.6 Å². The van der Waals surface area contributed by atoms with E-state index in [1.807, 2.05) is 30.3 Å². The molecule has 3 nitrogen and oxygen atoms in total. The van der Waals surface area contributed by atoms with Gasteiger partial charge >= 0.3 is 0 Å². The molecule has 0 saturated carbocycles. The summed E-state index contributed by atoms with van der Waals surface area (Å²) in [5.41, 5.74) is 2.72. The number of nitrogens with one attached hydrogen (secondary N) is 2. The van der Waals surface area contributed by atoms with Crippen molar-refractivity contribution in [3.05, 3.63) is 54.3 Å². The van der Waals surface area contributed by atoms with Gasteiger partial charge in [-0.15, -0.1) is 0 Å². The zero-order valence-electron chi connectivity index (χ0n) is 10.4. The molecule has 3 rings (SSSR count). The van der Waals surface area contributed by atoms with Crippen molar-refractivity contribution in [1.29, 1.82) is 0 Å². The summed E-state index contributed by atoms with van der Waals surface area (Å²) in [5.74, 6) is 0.535. The minimum Gasteiger partial charge on any atom is -0.354 e. The Hall–Kier alpha value is -2.36. The molecule has 0 radical (unpaired) electrons. The van der Waals surface area contributed by atoms with Gasteiger partial charge in [0.2, 0.25) is 0 Å². The first-order chi connectivity index (χ1) is 9.33. The van der Waals surface area contributed by atoms with Crippen LogP contribution in [-0.4, -0.2) is 19.0 Å². The molecule has 0 unspecified atom stereocenters. The van der Waals surface area contributed by atoms with Crippen LogP contribution in [0.3, 0.4) is 0 Å². The number of hydrogen-bond acceptors (Lipinski definition) is 3. The van der Waals surface area contributed by atoms with E-state index < -0.39 is 0 Å². The van der Waals surface area contributed by atoms with E-state index in [9.17, 15) is 4.39 Å². The van der Waals surface area contributed by atoms with Crippen molar-refractivity contribution in [2.24, 2.45) is 4.99 Å². The van der Waals surface area contributed by atoms with Crippen LogP contribution >= 0.6 is 0 Å². The number of hydrogen-bond donors (Lipinski definition) is 2. The number of aliphatic imine (C=N–C) groups is 1. The van der Waals surface area contributed by atoms with E-state index in [1.165, 1.54) is 12.1 Å². The van der Waals surface area contributed by atoms with Crippen LogP contribution in [0, 0.1) is 5.82 Å². The summed E-state index contributed by atoms with van der Waals surface area (Å²) in [6.45, 7) is 1.63. The molecular weight excluding hydrogens is 241 g/mol. The van der Waals surface area contributed by atoms with E-state index in [0.29, 0.717) is 0 Å². The van der Waals surface area contributed by atoms with Gasteiger partial charge in [-0.25, -0.2) is 4.39 Å². The summed E-state index contributed by atoms with van der Waals surface area (Å²) < 4.78 is 13.3.